The molecule has 8 heteroatoms. The number of likely N-dealkylation sites (tertiary alicyclic amines) is 1. The summed E-state index contributed by atoms with van der Waals surface area (Å²) in [4.78, 5) is 29.6. The first-order chi connectivity index (χ1) is 13.0. The van der Waals surface area contributed by atoms with Gasteiger partial charge in [-0.25, -0.2) is 4.79 Å². The molecule has 1 heterocycles. The molecule has 1 aliphatic heterocycles. The fraction of sp³-hybridized carbons (Fsp3) is 0.526. The molecular weight excluding hydrogens is 348 g/mol. The van der Waals surface area contributed by atoms with Crippen molar-refractivity contribution in [3.63, 3.8) is 0 Å². The van der Waals surface area contributed by atoms with Crippen molar-refractivity contribution in [1.29, 1.82) is 0 Å². The van der Waals surface area contributed by atoms with E-state index < -0.39 is 5.97 Å². The Balaban J connectivity index is 1.93. The highest BCUT2D eigenvalue weighted by Crippen LogP contribution is 2.21. The number of carbonyl (C=O) groups is 2. The third kappa shape index (κ3) is 5.35. The molecule has 0 aliphatic carbocycles. The highest BCUT2D eigenvalue weighted by atomic mass is 16.5. The molecule has 0 saturated carbocycles. The van der Waals surface area contributed by atoms with Crippen molar-refractivity contribution in [1.82, 2.24) is 15.5 Å². The van der Waals surface area contributed by atoms with Crippen molar-refractivity contribution >= 4 is 17.8 Å². The Morgan fingerprint density at radius 3 is 2.74 bits per heavy atom. The van der Waals surface area contributed by atoms with E-state index in [-0.39, 0.29) is 11.9 Å². The number of aliphatic imine (C=N–C) groups is 1. The monoisotopic (exact) mass is 376 g/mol. The Morgan fingerprint density at radius 2 is 2.11 bits per heavy atom. The predicted octanol–water partition coefficient (Wildman–Crippen LogP) is 1.16. The van der Waals surface area contributed by atoms with E-state index in [0.29, 0.717) is 36.8 Å². The summed E-state index contributed by atoms with van der Waals surface area (Å²) >= 11 is 0. The molecule has 1 unspecified atom stereocenters. The summed E-state index contributed by atoms with van der Waals surface area (Å²) < 4.78 is 10.0. The van der Waals surface area contributed by atoms with Gasteiger partial charge in [0, 0.05) is 39.1 Å². The van der Waals surface area contributed by atoms with E-state index >= 15 is 0 Å². The third-order valence-electron chi connectivity index (χ3n) is 4.54. The average Bonchev–Trinajstić information content (AvgIpc) is 3.18. The van der Waals surface area contributed by atoms with Crippen LogP contribution < -0.4 is 15.4 Å². The molecule has 1 aromatic rings. The topological polar surface area (TPSA) is 92.3 Å². The van der Waals surface area contributed by atoms with Gasteiger partial charge in [0.1, 0.15) is 11.3 Å². The van der Waals surface area contributed by atoms with Crippen LogP contribution in [0.15, 0.2) is 23.2 Å². The number of carbonyl (C=O) groups excluding carboxylic acids is 2. The average molecular weight is 376 g/mol. The Labute approximate surface area is 159 Å². The molecule has 0 bridgehead atoms. The second-order valence-electron chi connectivity index (χ2n) is 6.28. The zero-order valence-corrected chi connectivity index (χ0v) is 16.4. The lowest BCUT2D eigenvalue weighted by atomic mass is 10.1. The highest BCUT2D eigenvalue weighted by Gasteiger charge is 2.25. The molecule has 0 aromatic heterocycles. The van der Waals surface area contributed by atoms with E-state index in [1.165, 1.54) is 14.2 Å². The fourth-order valence-electron chi connectivity index (χ4n) is 3.03. The van der Waals surface area contributed by atoms with Crippen LogP contribution in [-0.2, 0) is 16.1 Å². The number of ether oxygens (including phenoxy) is 2. The van der Waals surface area contributed by atoms with Crippen LogP contribution in [0.3, 0.4) is 0 Å². The normalized spacial score (nSPS) is 16.8. The molecule has 0 radical (unpaired) electrons. The molecule has 1 atom stereocenters. The van der Waals surface area contributed by atoms with Gasteiger partial charge in [0.05, 0.1) is 14.2 Å². The van der Waals surface area contributed by atoms with Crippen LogP contribution in [0.5, 0.6) is 5.75 Å². The van der Waals surface area contributed by atoms with Gasteiger partial charge in [0.2, 0.25) is 5.91 Å². The largest absolute Gasteiger partial charge is 0.496 e. The molecule has 1 aromatic carbocycles. The van der Waals surface area contributed by atoms with Gasteiger partial charge in [-0.15, -0.1) is 0 Å². The van der Waals surface area contributed by atoms with Gasteiger partial charge in [-0.3, -0.25) is 9.79 Å². The van der Waals surface area contributed by atoms with Crippen LogP contribution in [0.25, 0.3) is 0 Å². The Hall–Kier alpha value is -2.77. The number of amides is 1. The van der Waals surface area contributed by atoms with Crippen LogP contribution in [0.1, 0.15) is 35.7 Å². The summed E-state index contributed by atoms with van der Waals surface area (Å²) in [6.07, 6.45) is 1.43. The summed E-state index contributed by atoms with van der Waals surface area (Å²) in [5.41, 5.74) is 1.33. The van der Waals surface area contributed by atoms with Crippen molar-refractivity contribution in [3.05, 3.63) is 29.3 Å². The first-order valence-corrected chi connectivity index (χ1v) is 9.02. The molecule has 1 saturated heterocycles. The van der Waals surface area contributed by atoms with Gasteiger partial charge in [-0.2, -0.15) is 0 Å². The van der Waals surface area contributed by atoms with E-state index in [1.807, 2.05) is 17.9 Å². The van der Waals surface area contributed by atoms with Crippen molar-refractivity contribution in [3.8, 4) is 5.75 Å². The van der Waals surface area contributed by atoms with Gasteiger partial charge in [0.15, 0.2) is 5.96 Å². The first-order valence-electron chi connectivity index (χ1n) is 9.02. The minimum Gasteiger partial charge on any atom is -0.496 e. The molecule has 2 rings (SSSR count). The van der Waals surface area contributed by atoms with Gasteiger partial charge >= 0.3 is 5.97 Å². The SMILES string of the molecule is CCC(=O)N1CCC(NC(=NC)NCc2ccc(C(=O)OC)c(OC)c2)C1. The summed E-state index contributed by atoms with van der Waals surface area (Å²) in [6.45, 7) is 3.85. The minimum atomic E-state index is -0.434. The molecule has 2 N–H and O–H groups in total. The fourth-order valence-corrected chi connectivity index (χ4v) is 3.03. The van der Waals surface area contributed by atoms with Crippen LogP contribution in [0.2, 0.25) is 0 Å². The van der Waals surface area contributed by atoms with Crippen molar-refractivity contribution in [2.45, 2.75) is 32.4 Å². The lowest BCUT2D eigenvalue weighted by Gasteiger charge is -2.19. The summed E-state index contributed by atoms with van der Waals surface area (Å²) in [6, 6.07) is 5.50. The Bertz CT molecular complexity index is 705. The quantitative estimate of drug-likeness (QED) is 0.440. The number of guanidine groups is 1. The second kappa shape index (κ2) is 9.80. The van der Waals surface area contributed by atoms with Gasteiger partial charge in [-0.05, 0) is 24.1 Å². The van der Waals surface area contributed by atoms with E-state index in [2.05, 4.69) is 15.6 Å². The molecule has 1 amide bonds. The summed E-state index contributed by atoms with van der Waals surface area (Å²) in [7, 11) is 4.56. The zero-order valence-electron chi connectivity index (χ0n) is 16.4. The van der Waals surface area contributed by atoms with Crippen molar-refractivity contribution in [2.24, 2.45) is 4.99 Å². The van der Waals surface area contributed by atoms with Crippen molar-refractivity contribution in [2.75, 3.05) is 34.4 Å². The van der Waals surface area contributed by atoms with E-state index in [4.69, 9.17) is 9.47 Å². The highest BCUT2D eigenvalue weighted by molar-refractivity contribution is 5.92. The summed E-state index contributed by atoms with van der Waals surface area (Å²) in [5.74, 6) is 0.881. The van der Waals surface area contributed by atoms with Crippen LogP contribution >= 0.6 is 0 Å². The number of hydrogen-bond acceptors (Lipinski definition) is 5. The van der Waals surface area contributed by atoms with Gasteiger partial charge < -0.3 is 25.0 Å². The van der Waals surface area contributed by atoms with E-state index in [1.54, 1.807) is 19.2 Å². The van der Waals surface area contributed by atoms with Gasteiger partial charge in [-0.1, -0.05) is 13.0 Å². The second-order valence-corrected chi connectivity index (χ2v) is 6.28. The number of benzene rings is 1. The lowest BCUT2D eigenvalue weighted by Crippen LogP contribution is -2.44. The smallest absolute Gasteiger partial charge is 0.341 e. The van der Waals surface area contributed by atoms with Crippen LogP contribution in [-0.4, -0.2) is 63.1 Å². The third-order valence-corrected chi connectivity index (χ3v) is 4.54. The molecule has 1 fully saturated rings. The molecule has 27 heavy (non-hydrogen) atoms. The molecule has 8 nitrogen and oxygen atoms in total. The van der Waals surface area contributed by atoms with E-state index in [9.17, 15) is 9.59 Å². The molecule has 1 aliphatic rings. The summed E-state index contributed by atoms with van der Waals surface area (Å²) in [5, 5.41) is 6.60. The zero-order chi connectivity index (χ0) is 19.8. The lowest BCUT2D eigenvalue weighted by molar-refractivity contribution is -0.129. The minimum absolute atomic E-state index is 0.181. The Morgan fingerprint density at radius 1 is 1.33 bits per heavy atom. The van der Waals surface area contributed by atoms with Crippen LogP contribution in [0.4, 0.5) is 0 Å². The molecule has 0 spiro atoms. The molecule has 148 valence electrons. The number of nitrogens with one attached hydrogen (secondary N) is 2. The molecular formula is C19H28N4O4. The number of hydrogen-bond donors (Lipinski definition) is 2. The first kappa shape index (κ1) is 20.5. The maximum Gasteiger partial charge on any atom is 0.341 e. The van der Waals surface area contributed by atoms with Gasteiger partial charge in [0.25, 0.3) is 0 Å². The predicted molar refractivity (Wildman–Crippen MR) is 103 cm³/mol. The standard InChI is InChI=1S/C19H28N4O4/c1-5-17(24)23-9-8-14(12-23)22-19(20-2)21-11-13-6-7-15(18(25)27-4)16(10-13)26-3/h6-7,10,14H,5,8-9,11-12H2,1-4H3,(H2,20,21,22). The number of nitrogens with zero attached hydrogens (tertiary/aromatic N) is 2. The van der Waals surface area contributed by atoms with E-state index in [0.717, 1.165) is 18.5 Å². The Kier molecular flexibility index (Phi) is 7.45. The van der Waals surface area contributed by atoms with Crippen LogP contribution in [0, 0.1) is 0 Å². The number of rotatable bonds is 6. The number of methoxy groups -OCH3 is 2. The maximum absolute atomic E-state index is 11.8. The number of esters is 1. The van der Waals surface area contributed by atoms with Crippen molar-refractivity contribution < 1.29 is 19.1 Å². The maximum atomic E-state index is 11.8.